The fourth-order valence-electron chi connectivity index (χ4n) is 3.78. The number of H-pyrrole nitrogens is 1. The highest BCUT2D eigenvalue weighted by Crippen LogP contribution is 2.40. The molecule has 1 aliphatic carbocycles. The molecule has 1 N–H and O–H groups in total. The molecule has 6 heteroatoms. The Morgan fingerprint density at radius 2 is 2.14 bits per heavy atom. The lowest BCUT2D eigenvalue weighted by molar-refractivity contribution is -0.134. The lowest BCUT2D eigenvalue weighted by atomic mass is 9.88. The quantitative estimate of drug-likeness (QED) is 0.930. The van der Waals surface area contributed by atoms with Crippen molar-refractivity contribution in [3.05, 3.63) is 16.4 Å². The summed E-state index contributed by atoms with van der Waals surface area (Å²) in [6.07, 6.45) is 3.00. The van der Waals surface area contributed by atoms with Crippen molar-refractivity contribution < 1.29 is 4.79 Å². The molecule has 0 spiro atoms. The summed E-state index contributed by atoms with van der Waals surface area (Å²) in [7, 11) is 4.05. The number of rotatable bonds is 3. The first-order valence-corrected chi connectivity index (χ1v) is 7.97. The number of aromatic amines is 1. The van der Waals surface area contributed by atoms with Gasteiger partial charge in [0, 0.05) is 32.6 Å². The molecular formula is C15H23ClN4O. The van der Waals surface area contributed by atoms with Gasteiger partial charge in [-0.15, -0.1) is 0 Å². The Hall–Kier alpha value is -1.07. The Morgan fingerprint density at radius 3 is 2.81 bits per heavy atom. The topological polar surface area (TPSA) is 52.2 Å². The van der Waals surface area contributed by atoms with E-state index in [0.717, 1.165) is 35.9 Å². The molecule has 1 amide bonds. The summed E-state index contributed by atoms with van der Waals surface area (Å²) in [6, 6.07) is 0.521. The average molecular weight is 311 g/mol. The molecule has 0 unspecified atom stereocenters. The number of likely N-dealkylation sites (tertiary alicyclic amines) is 1. The number of fused-ring (bicyclic) bond motifs is 1. The summed E-state index contributed by atoms with van der Waals surface area (Å²) in [5, 5.41) is 7.96. The van der Waals surface area contributed by atoms with Crippen LogP contribution >= 0.6 is 11.6 Å². The number of carbonyl (C=O) groups excluding carboxylic acids is 1. The molecule has 116 valence electrons. The molecule has 2 aliphatic rings. The Morgan fingerprint density at radius 1 is 1.43 bits per heavy atom. The molecule has 1 saturated heterocycles. The third-order valence-corrected chi connectivity index (χ3v) is 5.65. The minimum Gasteiger partial charge on any atom is -0.345 e. The highest BCUT2D eigenvalue weighted by atomic mass is 35.5. The van der Waals surface area contributed by atoms with Gasteiger partial charge in [-0.25, -0.2) is 0 Å². The van der Waals surface area contributed by atoms with Gasteiger partial charge in [0.05, 0.1) is 16.4 Å². The first-order chi connectivity index (χ1) is 9.95. The summed E-state index contributed by atoms with van der Waals surface area (Å²) in [6.45, 7) is 3.61. The van der Waals surface area contributed by atoms with Gasteiger partial charge < -0.3 is 4.90 Å². The maximum absolute atomic E-state index is 11.8. The Labute approximate surface area is 130 Å². The average Bonchev–Trinajstić information content (AvgIpc) is 2.97. The van der Waals surface area contributed by atoms with Gasteiger partial charge >= 0.3 is 0 Å². The number of hydrogen-bond acceptors (Lipinski definition) is 3. The lowest BCUT2D eigenvalue weighted by Gasteiger charge is -2.31. The van der Waals surface area contributed by atoms with Crippen LogP contribution in [-0.4, -0.2) is 52.6 Å². The van der Waals surface area contributed by atoms with Gasteiger partial charge in [0.1, 0.15) is 0 Å². The third-order valence-electron chi connectivity index (χ3n) is 5.15. The van der Waals surface area contributed by atoms with Crippen LogP contribution < -0.4 is 0 Å². The summed E-state index contributed by atoms with van der Waals surface area (Å²) >= 11 is 6.25. The summed E-state index contributed by atoms with van der Waals surface area (Å²) in [4.78, 5) is 16.1. The number of nitrogens with one attached hydrogen (secondary N) is 1. The maximum Gasteiger partial charge on any atom is 0.222 e. The molecule has 2 fully saturated rings. The molecule has 21 heavy (non-hydrogen) atoms. The van der Waals surface area contributed by atoms with Crippen LogP contribution in [0.1, 0.15) is 30.7 Å². The van der Waals surface area contributed by atoms with E-state index < -0.39 is 0 Å². The molecular weight excluding hydrogens is 288 g/mol. The van der Waals surface area contributed by atoms with Crippen molar-refractivity contribution in [2.24, 2.45) is 11.8 Å². The van der Waals surface area contributed by atoms with E-state index >= 15 is 0 Å². The molecule has 0 radical (unpaired) electrons. The number of amides is 1. The van der Waals surface area contributed by atoms with Crippen LogP contribution in [0.2, 0.25) is 5.02 Å². The van der Waals surface area contributed by atoms with Crippen LogP contribution in [-0.2, 0) is 11.3 Å². The Kier molecular flexibility index (Phi) is 3.97. The molecule has 1 aromatic rings. The number of halogens is 1. The molecule has 3 atom stereocenters. The number of nitrogens with zero attached hydrogens (tertiary/aromatic N) is 3. The van der Waals surface area contributed by atoms with E-state index in [1.54, 1.807) is 0 Å². The standard InChI is InChI=1S/C15H23ClN4O/c1-9-15(16)13(18-17-9)8-19(2)12-4-10-6-14(21)20(3)7-11(10)5-12/h10-12H,4-8H2,1-3H3,(H,17,18)/t10-,11+,12-/m1/s1. The molecule has 1 aliphatic heterocycles. The van der Waals surface area contributed by atoms with Crippen molar-refractivity contribution in [3.8, 4) is 0 Å². The predicted octanol–water partition coefficient (Wildman–Crippen LogP) is 2.06. The zero-order valence-electron chi connectivity index (χ0n) is 12.9. The minimum absolute atomic E-state index is 0.297. The first-order valence-electron chi connectivity index (χ1n) is 7.59. The SMILES string of the molecule is Cc1[nH]nc(CN(C)[C@@H]2C[C@@H]3CC(=O)N(C)C[C@@H]3C2)c1Cl. The molecule has 0 bridgehead atoms. The van der Waals surface area contributed by atoms with Crippen LogP contribution in [0.5, 0.6) is 0 Å². The zero-order valence-corrected chi connectivity index (χ0v) is 13.7. The van der Waals surface area contributed by atoms with E-state index in [-0.39, 0.29) is 0 Å². The van der Waals surface area contributed by atoms with Crippen molar-refractivity contribution in [2.45, 2.75) is 38.8 Å². The van der Waals surface area contributed by atoms with Crippen LogP contribution in [0.3, 0.4) is 0 Å². The van der Waals surface area contributed by atoms with Gasteiger partial charge in [-0.2, -0.15) is 5.10 Å². The van der Waals surface area contributed by atoms with Gasteiger partial charge in [-0.05, 0) is 38.6 Å². The van der Waals surface area contributed by atoms with Crippen LogP contribution in [0, 0.1) is 18.8 Å². The van der Waals surface area contributed by atoms with Crippen LogP contribution in [0.25, 0.3) is 0 Å². The second kappa shape index (κ2) is 5.61. The van der Waals surface area contributed by atoms with E-state index in [4.69, 9.17) is 11.6 Å². The van der Waals surface area contributed by atoms with Crippen LogP contribution in [0.4, 0.5) is 0 Å². The molecule has 1 aromatic heterocycles. The highest BCUT2D eigenvalue weighted by Gasteiger charge is 2.41. The van der Waals surface area contributed by atoms with Crippen molar-refractivity contribution in [1.29, 1.82) is 0 Å². The third kappa shape index (κ3) is 2.81. The van der Waals surface area contributed by atoms with Gasteiger partial charge in [-0.1, -0.05) is 11.6 Å². The van der Waals surface area contributed by atoms with E-state index in [1.807, 2.05) is 18.9 Å². The summed E-state index contributed by atoms with van der Waals surface area (Å²) < 4.78 is 0. The molecule has 0 aromatic carbocycles. The molecule has 5 nitrogen and oxygen atoms in total. The smallest absolute Gasteiger partial charge is 0.222 e. The fraction of sp³-hybridized carbons (Fsp3) is 0.733. The maximum atomic E-state index is 11.8. The Balaban J connectivity index is 1.63. The van der Waals surface area contributed by atoms with E-state index in [2.05, 4.69) is 22.1 Å². The number of piperidine rings is 1. The van der Waals surface area contributed by atoms with E-state index in [0.29, 0.717) is 30.2 Å². The van der Waals surface area contributed by atoms with Crippen molar-refractivity contribution in [1.82, 2.24) is 20.0 Å². The predicted molar refractivity (Wildman–Crippen MR) is 82.1 cm³/mol. The number of aryl methyl sites for hydroxylation is 1. The summed E-state index contributed by atoms with van der Waals surface area (Å²) in [5.41, 5.74) is 1.84. The monoisotopic (exact) mass is 310 g/mol. The van der Waals surface area contributed by atoms with Gasteiger partial charge in [0.15, 0.2) is 0 Å². The number of carbonyl (C=O) groups is 1. The normalized spacial score (nSPS) is 29.3. The summed E-state index contributed by atoms with van der Waals surface area (Å²) in [5.74, 6) is 1.50. The lowest BCUT2D eigenvalue weighted by Crippen LogP contribution is -2.39. The van der Waals surface area contributed by atoms with Gasteiger partial charge in [0.2, 0.25) is 5.91 Å². The first kappa shape index (κ1) is 14.9. The van der Waals surface area contributed by atoms with E-state index in [1.165, 1.54) is 6.42 Å². The van der Waals surface area contributed by atoms with E-state index in [9.17, 15) is 4.79 Å². The van der Waals surface area contributed by atoms with Crippen molar-refractivity contribution in [2.75, 3.05) is 20.6 Å². The molecule has 1 saturated carbocycles. The van der Waals surface area contributed by atoms with Crippen molar-refractivity contribution in [3.63, 3.8) is 0 Å². The number of hydrogen-bond donors (Lipinski definition) is 1. The largest absolute Gasteiger partial charge is 0.345 e. The second-order valence-electron chi connectivity index (χ2n) is 6.65. The molecule has 2 heterocycles. The minimum atomic E-state index is 0.297. The fourth-order valence-corrected chi connectivity index (χ4v) is 3.93. The molecule has 3 rings (SSSR count). The highest BCUT2D eigenvalue weighted by molar-refractivity contribution is 6.31. The zero-order chi connectivity index (χ0) is 15.1. The number of aromatic nitrogens is 2. The van der Waals surface area contributed by atoms with Crippen molar-refractivity contribution >= 4 is 17.5 Å². The Bertz CT molecular complexity index is 544. The second-order valence-corrected chi connectivity index (χ2v) is 7.03. The van der Waals surface area contributed by atoms with Gasteiger partial charge in [-0.3, -0.25) is 14.8 Å². The van der Waals surface area contributed by atoms with Gasteiger partial charge in [0.25, 0.3) is 0 Å². The van der Waals surface area contributed by atoms with Crippen LogP contribution in [0.15, 0.2) is 0 Å².